The number of carbonyl (C=O) groups excluding carboxylic acids is 1. The van der Waals surface area contributed by atoms with Crippen LogP contribution in [0.4, 0.5) is 0 Å². The number of rotatable bonds is 3. The molecule has 0 radical (unpaired) electrons. The van der Waals surface area contributed by atoms with Crippen molar-refractivity contribution in [2.24, 2.45) is 0 Å². The number of carbonyl (C=O) groups is 1. The molecule has 5 heteroatoms. The Morgan fingerprint density at radius 2 is 2.24 bits per heavy atom. The van der Waals surface area contributed by atoms with Gasteiger partial charge in [-0.1, -0.05) is 27.7 Å². The third-order valence-corrected chi connectivity index (χ3v) is 4.83. The standard InChI is InChI=1S/C12H10BrNOS2/c1-7-6-16-12(14-7)17-9-3-4-10(8(2)15)11(13)5-9/h3-6H,1-2H3. The summed E-state index contributed by atoms with van der Waals surface area (Å²) in [5.41, 5.74) is 1.75. The van der Waals surface area contributed by atoms with Gasteiger partial charge in [-0.25, -0.2) is 4.98 Å². The highest BCUT2D eigenvalue weighted by atomic mass is 79.9. The zero-order valence-corrected chi connectivity index (χ0v) is 12.6. The molecule has 0 saturated heterocycles. The molecular weight excluding hydrogens is 318 g/mol. The third-order valence-electron chi connectivity index (χ3n) is 2.12. The molecule has 1 aromatic heterocycles. The molecule has 17 heavy (non-hydrogen) atoms. The minimum absolute atomic E-state index is 0.0681. The lowest BCUT2D eigenvalue weighted by Crippen LogP contribution is -1.93. The van der Waals surface area contributed by atoms with Crippen molar-refractivity contribution >= 4 is 44.8 Å². The first-order valence-electron chi connectivity index (χ1n) is 4.97. The Labute approximate surface area is 117 Å². The van der Waals surface area contributed by atoms with E-state index in [1.807, 2.05) is 30.5 Å². The number of aryl methyl sites for hydroxylation is 1. The molecule has 0 spiro atoms. The summed E-state index contributed by atoms with van der Waals surface area (Å²) >= 11 is 6.65. The first-order chi connectivity index (χ1) is 8.06. The van der Waals surface area contributed by atoms with Gasteiger partial charge < -0.3 is 0 Å². The molecule has 0 N–H and O–H groups in total. The quantitative estimate of drug-likeness (QED) is 0.773. The van der Waals surface area contributed by atoms with Crippen LogP contribution in [0.1, 0.15) is 23.0 Å². The fourth-order valence-electron chi connectivity index (χ4n) is 1.32. The van der Waals surface area contributed by atoms with E-state index in [9.17, 15) is 4.79 Å². The van der Waals surface area contributed by atoms with Crippen LogP contribution in [0.3, 0.4) is 0 Å². The summed E-state index contributed by atoms with van der Waals surface area (Å²) in [6.45, 7) is 3.55. The van der Waals surface area contributed by atoms with Gasteiger partial charge in [0.2, 0.25) is 0 Å². The Morgan fingerprint density at radius 3 is 2.76 bits per heavy atom. The maximum Gasteiger partial charge on any atom is 0.160 e. The second-order valence-corrected chi connectivity index (χ2v) is 6.59. The molecule has 0 aliphatic carbocycles. The molecule has 1 heterocycles. The summed E-state index contributed by atoms with van der Waals surface area (Å²) in [5.74, 6) is 0.0681. The van der Waals surface area contributed by atoms with E-state index < -0.39 is 0 Å². The van der Waals surface area contributed by atoms with E-state index in [-0.39, 0.29) is 5.78 Å². The topological polar surface area (TPSA) is 30.0 Å². The smallest absolute Gasteiger partial charge is 0.160 e. The molecule has 2 aromatic rings. The first kappa shape index (κ1) is 12.8. The largest absolute Gasteiger partial charge is 0.294 e. The number of nitrogens with zero attached hydrogens (tertiary/aromatic N) is 1. The lowest BCUT2D eigenvalue weighted by atomic mass is 10.2. The van der Waals surface area contributed by atoms with Gasteiger partial charge in [-0.05, 0) is 32.0 Å². The molecule has 0 bridgehead atoms. The van der Waals surface area contributed by atoms with Gasteiger partial charge in [-0.15, -0.1) is 11.3 Å². The van der Waals surface area contributed by atoms with Crippen molar-refractivity contribution in [3.8, 4) is 0 Å². The summed E-state index contributed by atoms with van der Waals surface area (Å²) < 4.78 is 1.85. The van der Waals surface area contributed by atoms with Gasteiger partial charge in [0.15, 0.2) is 10.1 Å². The normalized spacial score (nSPS) is 10.5. The molecule has 0 aliphatic heterocycles. The van der Waals surface area contributed by atoms with Crippen LogP contribution in [-0.2, 0) is 0 Å². The zero-order chi connectivity index (χ0) is 12.4. The lowest BCUT2D eigenvalue weighted by Gasteiger charge is -2.03. The number of benzene rings is 1. The molecule has 0 fully saturated rings. The monoisotopic (exact) mass is 327 g/mol. The van der Waals surface area contributed by atoms with Gasteiger partial charge in [0.05, 0.1) is 0 Å². The van der Waals surface area contributed by atoms with Crippen LogP contribution in [0, 0.1) is 6.92 Å². The van der Waals surface area contributed by atoms with Gasteiger partial charge in [-0.3, -0.25) is 4.79 Å². The van der Waals surface area contributed by atoms with Crippen molar-refractivity contribution in [2.75, 3.05) is 0 Å². The maximum absolute atomic E-state index is 11.3. The van der Waals surface area contributed by atoms with E-state index >= 15 is 0 Å². The summed E-state index contributed by atoms with van der Waals surface area (Å²) in [6.07, 6.45) is 0. The molecule has 0 atom stereocenters. The summed E-state index contributed by atoms with van der Waals surface area (Å²) in [6, 6.07) is 5.75. The van der Waals surface area contributed by atoms with Gasteiger partial charge in [0.25, 0.3) is 0 Å². The summed E-state index contributed by atoms with van der Waals surface area (Å²) in [7, 11) is 0. The van der Waals surface area contributed by atoms with Crippen LogP contribution in [0.2, 0.25) is 0 Å². The fraction of sp³-hybridized carbons (Fsp3) is 0.167. The Balaban J connectivity index is 2.23. The molecule has 2 nitrogen and oxygen atoms in total. The number of Topliss-reactive ketones (excluding diaryl/α,β-unsaturated/α-hetero) is 1. The summed E-state index contributed by atoms with van der Waals surface area (Å²) in [5, 5.41) is 2.03. The van der Waals surface area contributed by atoms with E-state index in [1.54, 1.807) is 30.0 Å². The van der Waals surface area contributed by atoms with E-state index in [0.717, 1.165) is 19.4 Å². The lowest BCUT2D eigenvalue weighted by molar-refractivity contribution is 0.101. The van der Waals surface area contributed by atoms with Crippen molar-refractivity contribution in [1.29, 1.82) is 0 Å². The average molecular weight is 328 g/mol. The van der Waals surface area contributed by atoms with Crippen LogP contribution in [0.25, 0.3) is 0 Å². The minimum atomic E-state index is 0.0681. The molecule has 2 rings (SSSR count). The second kappa shape index (κ2) is 5.33. The third kappa shape index (κ3) is 3.18. The van der Waals surface area contributed by atoms with Crippen molar-refractivity contribution in [1.82, 2.24) is 4.98 Å². The molecular formula is C12H10BrNOS2. The van der Waals surface area contributed by atoms with Crippen molar-refractivity contribution in [3.05, 3.63) is 39.3 Å². The van der Waals surface area contributed by atoms with Crippen molar-refractivity contribution in [2.45, 2.75) is 23.1 Å². The van der Waals surface area contributed by atoms with Crippen LogP contribution < -0.4 is 0 Å². The molecule has 0 saturated carbocycles. The van der Waals surface area contributed by atoms with Crippen molar-refractivity contribution in [3.63, 3.8) is 0 Å². The Morgan fingerprint density at radius 1 is 1.47 bits per heavy atom. The summed E-state index contributed by atoms with van der Waals surface area (Å²) in [4.78, 5) is 16.8. The molecule has 0 unspecified atom stereocenters. The number of thiazole rings is 1. The Bertz CT molecular complexity index is 565. The van der Waals surface area contributed by atoms with Crippen molar-refractivity contribution < 1.29 is 4.79 Å². The predicted octanol–water partition coefficient (Wildman–Crippen LogP) is 4.57. The van der Waals surface area contributed by atoms with E-state index in [2.05, 4.69) is 20.9 Å². The number of aromatic nitrogens is 1. The molecule has 1 aromatic carbocycles. The predicted molar refractivity (Wildman–Crippen MR) is 75.1 cm³/mol. The highest BCUT2D eigenvalue weighted by Crippen LogP contribution is 2.32. The fourth-order valence-corrected chi connectivity index (χ4v) is 3.98. The maximum atomic E-state index is 11.3. The van der Waals surface area contributed by atoms with Gasteiger partial charge in [-0.2, -0.15) is 0 Å². The average Bonchev–Trinajstić information content (AvgIpc) is 2.63. The second-order valence-electron chi connectivity index (χ2n) is 3.55. The highest BCUT2D eigenvalue weighted by Gasteiger charge is 2.07. The number of ketones is 1. The van der Waals surface area contributed by atoms with Gasteiger partial charge in [0.1, 0.15) is 0 Å². The first-order valence-corrected chi connectivity index (χ1v) is 7.45. The van der Waals surface area contributed by atoms with Crippen LogP contribution in [-0.4, -0.2) is 10.8 Å². The number of halogens is 1. The molecule has 88 valence electrons. The van der Waals surface area contributed by atoms with Crippen LogP contribution in [0.5, 0.6) is 0 Å². The van der Waals surface area contributed by atoms with Crippen LogP contribution >= 0.6 is 39.0 Å². The Kier molecular flexibility index (Phi) is 4.01. The number of hydrogen-bond acceptors (Lipinski definition) is 4. The van der Waals surface area contributed by atoms with E-state index in [1.165, 1.54) is 0 Å². The number of hydrogen-bond donors (Lipinski definition) is 0. The molecule has 0 amide bonds. The van der Waals surface area contributed by atoms with E-state index in [4.69, 9.17) is 0 Å². The van der Waals surface area contributed by atoms with Gasteiger partial charge >= 0.3 is 0 Å². The van der Waals surface area contributed by atoms with Crippen LogP contribution in [0.15, 0.2) is 37.3 Å². The SMILES string of the molecule is CC(=O)c1ccc(Sc2nc(C)cs2)cc1Br. The minimum Gasteiger partial charge on any atom is -0.294 e. The van der Waals surface area contributed by atoms with E-state index in [0.29, 0.717) is 5.56 Å². The Hall–Kier alpha value is -0.650. The van der Waals surface area contributed by atoms with Gasteiger partial charge in [0, 0.05) is 26.0 Å². The highest BCUT2D eigenvalue weighted by molar-refractivity contribution is 9.10. The molecule has 0 aliphatic rings. The zero-order valence-electron chi connectivity index (χ0n) is 9.36.